The van der Waals surface area contributed by atoms with Gasteiger partial charge in [-0.15, -0.1) is 0 Å². The molecule has 1 fully saturated rings. The van der Waals surface area contributed by atoms with Gasteiger partial charge >= 0.3 is 5.97 Å². The summed E-state index contributed by atoms with van der Waals surface area (Å²) in [6, 6.07) is 7.48. The molecular weight excluding hydrogens is 346 g/mol. The number of ether oxygens (including phenoxy) is 1. The third-order valence-corrected chi connectivity index (χ3v) is 5.13. The van der Waals surface area contributed by atoms with Crippen LogP contribution in [-0.2, 0) is 20.9 Å². The van der Waals surface area contributed by atoms with Gasteiger partial charge in [0.25, 0.3) is 5.91 Å². The van der Waals surface area contributed by atoms with E-state index in [1.54, 1.807) is 22.9 Å². The van der Waals surface area contributed by atoms with E-state index in [2.05, 4.69) is 5.10 Å². The molecule has 144 valence electrons. The normalized spacial score (nSPS) is 19.9. The Morgan fingerprint density at radius 1 is 1.19 bits per heavy atom. The van der Waals surface area contributed by atoms with E-state index in [0.717, 1.165) is 19.3 Å². The standard InChI is InChI=1S/C20H25N3O4/c1-14-6-5-7-15(2)23(14)19(25)13-27-20(26)10-11-22-17-9-4-3-8-16(17)18(24)12-21-22/h3-4,8-9,12,14-15H,5-7,10-11,13H2,1-2H3/t14-,15+. The van der Waals surface area contributed by atoms with Crippen molar-refractivity contribution in [3.8, 4) is 0 Å². The average molecular weight is 371 g/mol. The smallest absolute Gasteiger partial charge is 0.308 e. The molecule has 3 rings (SSSR count). The first-order valence-electron chi connectivity index (χ1n) is 9.39. The number of nitrogens with zero attached hydrogens (tertiary/aromatic N) is 3. The average Bonchev–Trinajstić information content (AvgIpc) is 2.66. The lowest BCUT2D eigenvalue weighted by molar-refractivity contribution is -0.155. The highest BCUT2D eigenvalue weighted by molar-refractivity contribution is 5.81. The number of para-hydroxylation sites is 1. The maximum absolute atomic E-state index is 12.4. The monoisotopic (exact) mass is 371 g/mol. The Morgan fingerprint density at radius 3 is 2.63 bits per heavy atom. The fourth-order valence-electron chi connectivity index (χ4n) is 3.74. The number of esters is 1. The van der Waals surface area contributed by atoms with Gasteiger partial charge in [-0.25, -0.2) is 0 Å². The Labute approximate surface area is 157 Å². The van der Waals surface area contributed by atoms with Gasteiger partial charge in [-0.05, 0) is 45.2 Å². The van der Waals surface area contributed by atoms with Crippen LogP contribution in [0.3, 0.4) is 0 Å². The molecule has 0 radical (unpaired) electrons. The summed E-state index contributed by atoms with van der Waals surface area (Å²) >= 11 is 0. The molecule has 1 aromatic heterocycles. The van der Waals surface area contributed by atoms with Crippen LogP contribution in [0.5, 0.6) is 0 Å². The van der Waals surface area contributed by atoms with Crippen LogP contribution in [0.4, 0.5) is 0 Å². The van der Waals surface area contributed by atoms with E-state index in [0.29, 0.717) is 10.9 Å². The summed E-state index contributed by atoms with van der Waals surface area (Å²) < 4.78 is 6.78. The number of hydrogen-bond donors (Lipinski definition) is 0. The molecule has 2 aromatic rings. The molecule has 1 aliphatic rings. The predicted octanol–water partition coefficient (Wildman–Crippen LogP) is 2.12. The zero-order valence-electron chi connectivity index (χ0n) is 15.8. The highest BCUT2D eigenvalue weighted by atomic mass is 16.5. The molecule has 1 aliphatic heterocycles. The molecule has 0 saturated carbocycles. The zero-order valence-corrected chi connectivity index (χ0v) is 15.8. The van der Waals surface area contributed by atoms with Crippen molar-refractivity contribution in [2.75, 3.05) is 6.61 Å². The zero-order chi connectivity index (χ0) is 19.4. The molecule has 1 aromatic carbocycles. The van der Waals surface area contributed by atoms with Gasteiger partial charge < -0.3 is 9.64 Å². The van der Waals surface area contributed by atoms with E-state index in [4.69, 9.17) is 4.74 Å². The number of aromatic nitrogens is 2. The summed E-state index contributed by atoms with van der Waals surface area (Å²) in [5.41, 5.74) is 0.518. The number of aryl methyl sites for hydroxylation is 1. The van der Waals surface area contributed by atoms with Crippen molar-refractivity contribution in [2.24, 2.45) is 0 Å². The Kier molecular flexibility index (Phi) is 5.88. The summed E-state index contributed by atoms with van der Waals surface area (Å²) in [5.74, 6) is -0.597. The van der Waals surface area contributed by atoms with E-state index in [9.17, 15) is 14.4 Å². The van der Waals surface area contributed by atoms with Crippen molar-refractivity contribution in [3.63, 3.8) is 0 Å². The lowest BCUT2D eigenvalue weighted by Gasteiger charge is -2.38. The molecule has 0 N–H and O–H groups in total. The molecule has 1 saturated heterocycles. The number of benzene rings is 1. The molecule has 0 bridgehead atoms. The molecule has 7 nitrogen and oxygen atoms in total. The van der Waals surface area contributed by atoms with E-state index in [1.165, 1.54) is 6.20 Å². The molecular formula is C20H25N3O4. The minimum atomic E-state index is -0.453. The van der Waals surface area contributed by atoms with Gasteiger partial charge in [-0.1, -0.05) is 12.1 Å². The van der Waals surface area contributed by atoms with Crippen LogP contribution in [0.25, 0.3) is 10.9 Å². The highest BCUT2D eigenvalue weighted by Gasteiger charge is 2.29. The van der Waals surface area contributed by atoms with Crippen molar-refractivity contribution in [2.45, 2.75) is 58.2 Å². The van der Waals surface area contributed by atoms with E-state index in [1.807, 2.05) is 24.8 Å². The number of piperidine rings is 1. The lowest BCUT2D eigenvalue weighted by atomic mass is 9.97. The van der Waals surface area contributed by atoms with Crippen molar-refractivity contribution in [1.29, 1.82) is 0 Å². The molecule has 7 heteroatoms. The van der Waals surface area contributed by atoms with Crippen molar-refractivity contribution in [1.82, 2.24) is 14.7 Å². The van der Waals surface area contributed by atoms with Crippen LogP contribution >= 0.6 is 0 Å². The first kappa shape index (κ1) is 19.1. The number of amides is 1. The van der Waals surface area contributed by atoms with Gasteiger partial charge in [0.2, 0.25) is 5.43 Å². The number of hydrogen-bond acceptors (Lipinski definition) is 5. The SMILES string of the molecule is C[C@@H]1CCC[C@H](C)N1C(=O)COC(=O)CCn1ncc(=O)c2ccccc21. The second-order valence-electron chi connectivity index (χ2n) is 7.09. The second kappa shape index (κ2) is 8.33. The summed E-state index contributed by atoms with van der Waals surface area (Å²) in [6.07, 6.45) is 4.41. The Balaban J connectivity index is 1.55. The Hall–Kier alpha value is -2.70. The highest BCUT2D eigenvalue weighted by Crippen LogP contribution is 2.22. The lowest BCUT2D eigenvalue weighted by Crippen LogP contribution is -2.49. The first-order valence-corrected chi connectivity index (χ1v) is 9.39. The van der Waals surface area contributed by atoms with Crippen LogP contribution in [0.15, 0.2) is 35.3 Å². The number of carbonyl (C=O) groups excluding carboxylic acids is 2. The number of carbonyl (C=O) groups is 2. The van der Waals surface area contributed by atoms with Crippen LogP contribution in [-0.4, -0.2) is 45.2 Å². The Bertz CT molecular complexity index is 882. The molecule has 0 spiro atoms. The van der Waals surface area contributed by atoms with Crippen molar-refractivity contribution < 1.29 is 14.3 Å². The van der Waals surface area contributed by atoms with Crippen molar-refractivity contribution in [3.05, 3.63) is 40.7 Å². The van der Waals surface area contributed by atoms with E-state index >= 15 is 0 Å². The topological polar surface area (TPSA) is 81.5 Å². The minimum absolute atomic E-state index is 0.0816. The summed E-state index contributed by atoms with van der Waals surface area (Å²) in [4.78, 5) is 38.1. The summed E-state index contributed by atoms with van der Waals surface area (Å²) in [5, 5.41) is 4.65. The van der Waals surface area contributed by atoms with Crippen LogP contribution in [0, 0.1) is 0 Å². The van der Waals surface area contributed by atoms with Gasteiger partial charge in [0.05, 0.1) is 24.7 Å². The van der Waals surface area contributed by atoms with Gasteiger partial charge in [-0.3, -0.25) is 19.1 Å². The molecule has 0 aliphatic carbocycles. The van der Waals surface area contributed by atoms with E-state index in [-0.39, 0.29) is 43.0 Å². The molecule has 2 atom stereocenters. The third-order valence-electron chi connectivity index (χ3n) is 5.13. The van der Waals surface area contributed by atoms with Gasteiger partial charge in [0.1, 0.15) is 0 Å². The molecule has 1 amide bonds. The van der Waals surface area contributed by atoms with Gasteiger partial charge in [0, 0.05) is 17.5 Å². The Morgan fingerprint density at radius 2 is 1.89 bits per heavy atom. The molecule has 2 heterocycles. The van der Waals surface area contributed by atoms with Gasteiger partial charge in [0.15, 0.2) is 6.61 Å². The molecule has 27 heavy (non-hydrogen) atoms. The number of likely N-dealkylation sites (tertiary alicyclic amines) is 1. The molecule has 0 unspecified atom stereocenters. The fraction of sp³-hybridized carbons (Fsp3) is 0.500. The van der Waals surface area contributed by atoms with Crippen LogP contribution in [0.1, 0.15) is 39.5 Å². The number of fused-ring (bicyclic) bond motifs is 1. The van der Waals surface area contributed by atoms with Gasteiger partial charge in [-0.2, -0.15) is 5.10 Å². The predicted molar refractivity (Wildman–Crippen MR) is 101 cm³/mol. The second-order valence-corrected chi connectivity index (χ2v) is 7.09. The maximum atomic E-state index is 12.4. The third kappa shape index (κ3) is 4.35. The van der Waals surface area contributed by atoms with Crippen LogP contribution in [0.2, 0.25) is 0 Å². The largest absolute Gasteiger partial charge is 0.456 e. The quantitative estimate of drug-likeness (QED) is 0.752. The summed E-state index contributed by atoms with van der Waals surface area (Å²) in [6.45, 7) is 4.11. The summed E-state index contributed by atoms with van der Waals surface area (Å²) in [7, 11) is 0. The van der Waals surface area contributed by atoms with Crippen molar-refractivity contribution >= 4 is 22.8 Å². The van der Waals surface area contributed by atoms with E-state index < -0.39 is 5.97 Å². The van der Waals surface area contributed by atoms with Crippen LogP contribution < -0.4 is 5.43 Å². The fourth-order valence-corrected chi connectivity index (χ4v) is 3.74. The maximum Gasteiger partial charge on any atom is 0.308 e. The first-order chi connectivity index (χ1) is 13.0. The number of rotatable bonds is 5. The minimum Gasteiger partial charge on any atom is -0.456 e.